The highest BCUT2D eigenvalue weighted by Crippen LogP contribution is 2.47. The number of hydrogen-bond donors (Lipinski definition) is 0. The zero-order valence-corrected chi connectivity index (χ0v) is 27.4. The van der Waals surface area contributed by atoms with Crippen molar-refractivity contribution in [2.75, 3.05) is 22.9 Å². The number of allylic oxidation sites excluding steroid dienone is 8. The molecule has 0 spiro atoms. The topological polar surface area (TPSA) is 30.3 Å². The van der Waals surface area contributed by atoms with E-state index >= 15 is 0 Å². The number of fused-ring (bicyclic) bond motifs is 3. The Hall–Kier alpha value is -5.33. The summed E-state index contributed by atoms with van der Waals surface area (Å²) in [4.78, 5) is 5.11. The minimum absolute atomic E-state index is 0.781. The van der Waals surface area contributed by atoms with Gasteiger partial charge in [0.25, 0.3) is 0 Å². The SMILES string of the molecule is N#CC1=CC=C(c2c3cc(N4CCCC5=C4CCC=C5)ccc3c(-c3ccccc3)c3cc(N4CCCc5ccccc54)ccc23)CC1. The van der Waals surface area contributed by atoms with Crippen molar-refractivity contribution < 1.29 is 0 Å². The van der Waals surface area contributed by atoms with E-state index in [-0.39, 0.29) is 0 Å². The van der Waals surface area contributed by atoms with Gasteiger partial charge in [-0.15, -0.1) is 0 Å². The molecule has 0 atom stereocenters. The first kappa shape index (κ1) is 28.9. The van der Waals surface area contributed by atoms with Gasteiger partial charge >= 0.3 is 0 Å². The van der Waals surface area contributed by atoms with Gasteiger partial charge in [0, 0.05) is 41.4 Å². The molecule has 5 aromatic carbocycles. The molecule has 3 heteroatoms. The quantitative estimate of drug-likeness (QED) is 0.187. The average molecular weight is 622 g/mol. The minimum atomic E-state index is 0.781. The molecule has 0 fully saturated rings. The smallest absolute Gasteiger partial charge is 0.0947 e. The van der Waals surface area contributed by atoms with Crippen LogP contribution in [0.25, 0.3) is 38.2 Å². The van der Waals surface area contributed by atoms with Crippen LogP contribution < -0.4 is 9.80 Å². The molecule has 234 valence electrons. The Kier molecular flexibility index (Phi) is 7.24. The van der Waals surface area contributed by atoms with E-state index in [1.807, 2.05) is 6.08 Å². The van der Waals surface area contributed by atoms with Gasteiger partial charge in [0.05, 0.1) is 6.07 Å². The second-order valence-electron chi connectivity index (χ2n) is 13.6. The number of benzene rings is 5. The van der Waals surface area contributed by atoms with Crippen LogP contribution in [0.15, 0.2) is 132 Å². The number of nitriles is 1. The van der Waals surface area contributed by atoms with Gasteiger partial charge in [0.15, 0.2) is 0 Å². The highest BCUT2D eigenvalue weighted by atomic mass is 15.2. The summed E-state index contributed by atoms with van der Waals surface area (Å²) in [5.74, 6) is 0. The molecule has 3 nitrogen and oxygen atoms in total. The number of para-hydroxylation sites is 1. The standard InChI is InChI=1S/C45H39N3/c46-30-31-18-20-35(21-19-31)45-39-25-23-36(47-26-8-14-32-10-4-6-16-42(32)47)28-40(39)44(34-12-2-1-3-13-34)38-24-22-37(29-41(38)45)48-27-9-15-33-11-5-7-17-43(33)48/h1-6,10-13,16,18,20,22-25,28-29H,7-9,14-15,17,19,21,26-27H2. The maximum Gasteiger partial charge on any atom is 0.0947 e. The van der Waals surface area contributed by atoms with Crippen molar-refractivity contribution >= 4 is 44.2 Å². The maximum absolute atomic E-state index is 9.69. The fraction of sp³-hybridized carbons (Fsp3) is 0.222. The summed E-state index contributed by atoms with van der Waals surface area (Å²) >= 11 is 0. The van der Waals surface area contributed by atoms with Gasteiger partial charge in [0.1, 0.15) is 0 Å². The molecule has 2 aliphatic heterocycles. The molecule has 0 N–H and O–H groups in total. The zero-order valence-electron chi connectivity index (χ0n) is 27.4. The second-order valence-corrected chi connectivity index (χ2v) is 13.6. The maximum atomic E-state index is 9.69. The number of hydrogen-bond acceptors (Lipinski definition) is 3. The summed E-state index contributed by atoms with van der Waals surface area (Å²) in [6, 6.07) is 36.7. The van der Waals surface area contributed by atoms with Gasteiger partial charge in [-0.05, 0) is 143 Å². The Bertz CT molecular complexity index is 2260. The molecule has 0 radical (unpaired) electrons. The molecule has 0 amide bonds. The van der Waals surface area contributed by atoms with E-state index in [4.69, 9.17) is 0 Å². The minimum Gasteiger partial charge on any atom is -0.345 e. The van der Waals surface area contributed by atoms with Gasteiger partial charge in [-0.1, -0.05) is 78.9 Å². The highest BCUT2D eigenvalue weighted by Gasteiger charge is 2.25. The van der Waals surface area contributed by atoms with Crippen LogP contribution in [-0.4, -0.2) is 13.1 Å². The third-order valence-electron chi connectivity index (χ3n) is 10.9. The molecule has 48 heavy (non-hydrogen) atoms. The predicted molar refractivity (Wildman–Crippen MR) is 202 cm³/mol. The fourth-order valence-corrected chi connectivity index (χ4v) is 8.63. The Balaban J connectivity index is 1.33. The van der Waals surface area contributed by atoms with Crippen LogP contribution in [0.1, 0.15) is 56.1 Å². The van der Waals surface area contributed by atoms with Crippen LogP contribution >= 0.6 is 0 Å². The van der Waals surface area contributed by atoms with Gasteiger partial charge in [-0.25, -0.2) is 0 Å². The molecular formula is C45H39N3. The Labute approximate surface area is 283 Å². The lowest BCUT2D eigenvalue weighted by Gasteiger charge is -2.35. The highest BCUT2D eigenvalue weighted by molar-refractivity contribution is 6.20. The predicted octanol–water partition coefficient (Wildman–Crippen LogP) is 11.6. The van der Waals surface area contributed by atoms with Gasteiger partial charge < -0.3 is 9.80 Å². The molecule has 0 unspecified atom stereocenters. The number of rotatable bonds is 4. The second kappa shape index (κ2) is 12.0. The fourth-order valence-electron chi connectivity index (χ4n) is 8.63. The normalized spacial score (nSPS) is 17.6. The van der Waals surface area contributed by atoms with Crippen molar-refractivity contribution in [3.05, 3.63) is 143 Å². The number of aryl methyl sites for hydroxylation is 1. The van der Waals surface area contributed by atoms with Crippen LogP contribution in [0.4, 0.5) is 17.1 Å². The first-order valence-corrected chi connectivity index (χ1v) is 17.7. The first-order chi connectivity index (χ1) is 23.8. The van der Waals surface area contributed by atoms with E-state index in [0.717, 1.165) is 57.2 Å². The molecule has 4 aliphatic rings. The average Bonchev–Trinajstić information content (AvgIpc) is 3.16. The summed E-state index contributed by atoms with van der Waals surface area (Å²) in [6.07, 6.45) is 17.5. The van der Waals surface area contributed by atoms with Crippen LogP contribution in [-0.2, 0) is 6.42 Å². The zero-order chi connectivity index (χ0) is 32.0. The Morgan fingerprint density at radius 1 is 0.604 bits per heavy atom. The van der Waals surface area contributed by atoms with Crippen molar-refractivity contribution in [2.24, 2.45) is 0 Å². The van der Waals surface area contributed by atoms with E-state index < -0.39 is 0 Å². The molecule has 0 bridgehead atoms. The van der Waals surface area contributed by atoms with Crippen molar-refractivity contribution in [1.29, 1.82) is 5.26 Å². The number of anilines is 3. The molecule has 2 heterocycles. The van der Waals surface area contributed by atoms with Gasteiger partial charge in [-0.2, -0.15) is 5.26 Å². The third kappa shape index (κ3) is 4.87. The molecule has 0 saturated carbocycles. The lowest BCUT2D eigenvalue weighted by molar-refractivity contribution is 0.692. The van der Waals surface area contributed by atoms with Crippen LogP contribution in [0.3, 0.4) is 0 Å². The van der Waals surface area contributed by atoms with Crippen LogP contribution in [0.2, 0.25) is 0 Å². The third-order valence-corrected chi connectivity index (χ3v) is 10.9. The number of nitrogens with zero attached hydrogens (tertiary/aromatic N) is 3. The molecule has 9 rings (SSSR count). The van der Waals surface area contributed by atoms with Crippen LogP contribution in [0.5, 0.6) is 0 Å². The van der Waals surface area contributed by atoms with E-state index in [1.54, 1.807) is 0 Å². The monoisotopic (exact) mass is 621 g/mol. The van der Waals surface area contributed by atoms with E-state index in [0.29, 0.717) is 0 Å². The molecule has 0 saturated heterocycles. The van der Waals surface area contributed by atoms with E-state index in [2.05, 4.69) is 125 Å². The van der Waals surface area contributed by atoms with Crippen LogP contribution in [0, 0.1) is 11.3 Å². The Morgan fingerprint density at radius 2 is 1.33 bits per heavy atom. The largest absolute Gasteiger partial charge is 0.345 e. The Morgan fingerprint density at radius 3 is 2.15 bits per heavy atom. The van der Waals surface area contributed by atoms with Crippen molar-refractivity contribution in [2.45, 2.75) is 51.4 Å². The first-order valence-electron chi connectivity index (χ1n) is 17.7. The lowest BCUT2D eigenvalue weighted by Crippen LogP contribution is -2.29. The summed E-state index contributed by atoms with van der Waals surface area (Å²) in [6.45, 7) is 2.08. The summed E-state index contributed by atoms with van der Waals surface area (Å²) in [7, 11) is 0. The van der Waals surface area contributed by atoms with Crippen molar-refractivity contribution in [1.82, 2.24) is 0 Å². The summed E-state index contributed by atoms with van der Waals surface area (Å²) in [5.41, 5.74) is 14.3. The van der Waals surface area contributed by atoms with E-state index in [1.165, 1.54) is 90.5 Å². The van der Waals surface area contributed by atoms with Crippen molar-refractivity contribution in [3.63, 3.8) is 0 Å². The molecule has 5 aromatic rings. The van der Waals surface area contributed by atoms with E-state index in [9.17, 15) is 5.26 Å². The van der Waals surface area contributed by atoms with Gasteiger partial charge in [0.2, 0.25) is 0 Å². The summed E-state index contributed by atoms with van der Waals surface area (Å²) in [5, 5.41) is 14.8. The molecule has 0 aromatic heterocycles. The van der Waals surface area contributed by atoms with Gasteiger partial charge in [-0.3, -0.25) is 0 Å². The van der Waals surface area contributed by atoms with Crippen molar-refractivity contribution in [3.8, 4) is 17.2 Å². The summed E-state index contributed by atoms with van der Waals surface area (Å²) < 4.78 is 0. The lowest BCUT2D eigenvalue weighted by atomic mass is 9.82. The molecular weight excluding hydrogens is 583 g/mol. The molecule has 2 aliphatic carbocycles.